The van der Waals surface area contributed by atoms with Crippen LogP contribution >= 0.6 is 0 Å². The normalized spacial score (nSPS) is 17.4. The average molecular weight is 574 g/mol. The number of nitrogens with one attached hydrogen (secondary N) is 2. The Morgan fingerprint density at radius 3 is 2.55 bits per heavy atom. The van der Waals surface area contributed by atoms with Gasteiger partial charge >= 0.3 is 0 Å². The smallest absolute Gasteiger partial charge is 0.287 e. The van der Waals surface area contributed by atoms with Gasteiger partial charge in [0.1, 0.15) is 23.2 Å². The molecule has 214 valence electrons. The third kappa shape index (κ3) is 6.68. The molecule has 1 saturated heterocycles. The molecule has 2 amide bonds. The number of ketones is 1. The van der Waals surface area contributed by atoms with Crippen LogP contribution in [0.2, 0.25) is 0 Å². The molecule has 1 fully saturated rings. The van der Waals surface area contributed by atoms with Crippen molar-refractivity contribution in [1.82, 2.24) is 14.9 Å². The molecule has 0 unspecified atom stereocenters. The molecule has 0 saturated carbocycles. The van der Waals surface area contributed by atoms with Gasteiger partial charge in [-0.2, -0.15) is 4.31 Å². The average Bonchev–Trinajstić information content (AvgIpc) is 3.25. The molecule has 40 heavy (non-hydrogen) atoms. The zero-order valence-corrected chi connectivity index (χ0v) is 23.3. The molecule has 12 heteroatoms. The molecule has 2 aromatic carbocycles. The van der Waals surface area contributed by atoms with Crippen molar-refractivity contribution >= 4 is 38.6 Å². The van der Waals surface area contributed by atoms with Gasteiger partial charge in [0.2, 0.25) is 15.9 Å². The fourth-order valence-electron chi connectivity index (χ4n) is 4.57. The fourth-order valence-corrected chi connectivity index (χ4v) is 6.02. The van der Waals surface area contributed by atoms with Crippen molar-refractivity contribution in [2.24, 2.45) is 5.92 Å². The van der Waals surface area contributed by atoms with Gasteiger partial charge in [-0.1, -0.05) is 13.8 Å². The van der Waals surface area contributed by atoms with E-state index in [1.54, 1.807) is 24.3 Å². The SMILES string of the molecule is COc1ccc2oc(C(=O)N[C@@H](CC(C)C)C(=O)N[C@H]3CCCN(S(=O)(=O)c4ccc(F)cc4)CC3=O)cc2c1. The minimum absolute atomic E-state index is 0.0250. The second kappa shape index (κ2) is 12.2. The number of benzene rings is 2. The lowest BCUT2D eigenvalue weighted by Gasteiger charge is -2.23. The van der Waals surface area contributed by atoms with E-state index in [1.807, 2.05) is 13.8 Å². The predicted octanol–water partition coefficient (Wildman–Crippen LogP) is 3.26. The Bertz CT molecular complexity index is 1500. The highest BCUT2D eigenvalue weighted by molar-refractivity contribution is 7.89. The number of ether oxygens (including phenoxy) is 1. The lowest BCUT2D eigenvalue weighted by atomic mass is 10.0. The molecule has 2 atom stereocenters. The Kier molecular flexibility index (Phi) is 8.89. The van der Waals surface area contributed by atoms with Gasteiger partial charge in [0.05, 0.1) is 24.6 Å². The number of Topliss-reactive ketones (excluding diaryl/α,β-unsaturated/α-hetero) is 1. The first-order valence-electron chi connectivity index (χ1n) is 12.9. The van der Waals surface area contributed by atoms with Gasteiger partial charge in [0, 0.05) is 11.9 Å². The number of methoxy groups -OCH3 is 1. The van der Waals surface area contributed by atoms with Gasteiger partial charge in [-0.15, -0.1) is 0 Å². The number of nitrogens with zero attached hydrogens (tertiary/aromatic N) is 1. The lowest BCUT2D eigenvalue weighted by Crippen LogP contribution is -2.52. The van der Waals surface area contributed by atoms with Crippen LogP contribution in [0.3, 0.4) is 0 Å². The second-order valence-corrected chi connectivity index (χ2v) is 12.1. The summed E-state index contributed by atoms with van der Waals surface area (Å²) in [4.78, 5) is 39.2. The molecule has 2 heterocycles. The minimum atomic E-state index is -4.02. The summed E-state index contributed by atoms with van der Waals surface area (Å²) in [7, 11) is -2.49. The van der Waals surface area contributed by atoms with Crippen molar-refractivity contribution in [2.45, 2.75) is 50.1 Å². The molecule has 0 spiro atoms. The number of fused-ring (bicyclic) bond motifs is 1. The Labute approximate surface area is 231 Å². The van der Waals surface area contributed by atoms with Gasteiger partial charge in [-0.25, -0.2) is 12.8 Å². The zero-order valence-electron chi connectivity index (χ0n) is 22.5. The molecule has 4 rings (SSSR count). The third-order valence-electron chi connectivity index (χ3n) is 6.67. The maximum Gasteiger partial charge on any atom is 0.287 e. The monoisotopic (exact) mass is 573 g/mol. The molecular formula is C28H32FN3O7S. The van der Waals surface area contributed by atoms with E-state index >= 15 is 0 Å². The quantitative estimate of drug-likeness (QED) is 0.401. The van der Waals surface area contributed by atoms with Crippen LogP contribution in [-0.2, 0) is 19.6 Å². The van der Waals surface area contributed by atoms with E-state index in [0.717, 1.165) is 28.6 Å². The fraction of sp³-hybridized carbons (Fsp3) is 0.393. The van der Waals surface area contributed by atoms with Crippen molar-refractivity contribution < 1.29 is 36.3 Å². The van der Waals surface area contributed by atoms with Crippen molar-refractivity contribution in [3.05, 3.63) is 60.1 Å². The van der Waals surface area contributed by atoms with E-state index in [9.17, 15) is 27.2 Å². The van der Waals surface area contributed by atoms with Crippen molar-refractivity contribution in [3.8, 4) is 5.75 Å². The summed E-state index contributed by atoms with van der Waals surface area (Å²) < 4.78 is 51.2. The van der Waals surface area contributed by atoms with E-state index in [0.29, 0.717) is 29.6 Å². The van der Waals surface area contributed by atoms with Crippen molar-refractivity contribution in [3.63, 3.8) is 0 Å². The van der Waals surface area contributed by atoms with Gasteiger partial charge in [0.15, 0.2) is 11.5 Å². The first-order valence-corrected chi connectivity index (χ1v) is 14.4. The van der Waals surface area contributed by atoms with E-state index in [1.165, 1.54) is 7.11 Å². The van der Waals surface area contributed by atoms with Crippen LogP contribution in [0.1, 0.15) is 43.7 Å². The summed E-state index contributed by atoms with van der Waals surface area (Å²) in [5.74, 6) is -1.51. The van der Waals surface area contributed by atoms with Gasteiger partial charge in [-0.05, 0) is 73.7 Å². The number of halogens is 1. The standard InChI is InChI=1S/C28H32FN3O7S/c1-17(2)13-23(31-28(35)26-15-18-14-20(38-3)8-11-25(18)39-26)27(34)30-22-5-4-12-32(16-24(22)33)40(36,37)21-9-6-19(29)7-10-21/h6-11,14-15,17,22-23H,4-5,12-13,16H2,1-3H3,(H,30,34)(H,31,35)/t22-,23-/m0/s1. The summed E-state index contributed by atoms with van der Waals surface area (Å²) >= 11 is 0. The third-order valence-corrected chi connectivity index (χ3v) is 8.52. The van der Waals surface area contributed by atoms with Crippen LogP contribution in [0.25, 0.3) is 11.0 Å². The maximum atomic E-state index is 13.3. The highest BCUT2D eigenvalue weighted by Crippen LogP contribution is 2.25. The Balaban J connectivity index is 1.44. The Morgan fingerprint density at radius 2 is 1.88 bits per heavy atom. The lowest BCUT2D eigenvalue weighted by molar-refractivity contribution is -0.129. The molecule has 0 bridgehead atoms. The highest BCUT2D eigenvalue weighted by atomic mass is 32.2. The highest BCUT2D eigenvalue weighted by Gasteiger charge is 2.34. The molecule has 1 aromatic heterocycles. The molecule has 0 radical (unpaired) electrons. The summed E-state index contributed by atoms with van der Waals surface area (Å²) in [5.41, 5.74) is 0.486. The van der Waals surface area contributed by atoms with Gasteiger partial charge < -0.3 is 19.8 Å². The number of hydrogen-bond donors (Lipinski definition) is 2. The summed E-state index contributed by atoms with van der Waals surface area (Å²) in [5, 5.41) is 6.08. The van der Waals surface area contributed by atoms with Gasteiger partial charge in [-0.3, -0.25) is 14.4 Å². The first kappa shape index (κ1) is 29.2. The van der Waals surface area contributed by atoms with Crippen molar-refractivity contribution in [2.75, 3.05) is 20.2 Å². The second-order valence-electron chi connectivity index (χ2n) is 10.1. The molecule has 2 N–H and O–H groups in total. The van der Waals surface area contributed by atoms with E-state index in [4.69, 9.17) is 9.15 Å². The number of hydrogen-bond acceptors (Lipinski definition) is 7. The summed E-state index contributed by atoms with van der Waals surface area (Å²) in [6.45, 7) is 3.43. The van der Waals surface area contributed by atoms with Crippen LogP contribution in [-0.4, -0.2) is 62.6 Å². The maximum absolute atomic E-state index is 13.3. The number of amides is 2. The van der Waals surface area contributed by atoms with Crippen molar-refractivity contribution in [1.29, 1.82) is 0 Å². The van der Waals surface area contributed by atoms with Gasteiger partial charge in [0.25, 0.3) is 5.91 Å². The molecular weight excluding hydrogens is 541 g/mol. The first-order chi connectivity index (χ1) is 19.0. The number of furan rings is 1. The Morgan fingerprint density at radius 1 is 1.15 bits per heavy atom. The molecule has 10 nitrogen and oxygen atoms in total. The minimum Gasteiger partial charge on any atom is -0.497 e. The molecule has 1 aliphatic heterocycles. The Hall–Kier alpha value is -3.77. The predicted molar refractivity (Wildman–Crippen MR) is 145 cm³/mol. The zero-order chi connectivity index (χ0) is 29.0. The molecule has 3 aromatic rings. The largest absolute Gasteiger partial charge is 0.497 e. The molecule has 0 aliphatic carbocycles. The van der Waals surface area contributed by atoms with Crippen LogP contribution in [0, 0.1) is 11.7 Å². The van der Waals surface area contributed by atoms with E-state index in [-0.39, 0.29) is 29.5 Å². The van der Waals surface area contributed by atoms with Crippen LogP contribution in [0.15, 0.2) is 57.8 Å². The van der Waals surface area contributed by atoms with E-state index < -0.39 is 52.1 Å². The van der Waals surface area contributed by atoms with Crippen LogP contribution in [0.5, 0.6) is 5.75 Å². The molecule has 1 aliphatic rings. The summed E-state index contributed by atoms with van der Waals surface area (Å²) in [6.07, 6.45) is 0.853. The summed E-state index contributed by atoms with van der Waals surface area (Å²) in [6, 6.07) is 9.18. The van der Waals surface area contributed by atoms with Crippen LogP contribution in [0.4, 0.5) is 4.39 Å². The number of carbonyl (C=O) groups excluding carboxylic acids is 3. The van der Waals surface area contributed by atoms with Crippen LogP contribution < -0.4 is 15.4 Å². The number of sulfonamides is 1. The van der Waals surface area contributed by atoms with E-state index in [2.05, 4.69) is 10.6 Å². The topological polar surface area (TPSA) is 135 Å². The number of rotatable bonds is 9. The number of carbonyl (C=O) groups is 3.